The molecule has 0 radical (unpaired) electrons. The van der Waals surface area contributed by atoms with Gasteiger partial charge < -0.3 is 18.9 Å². The molecular formula is C26H29N6O3P. The molecule has 0 atom stereocenters. The van der Waals surface area contributed by atoms with Gasteiger partial charge in [0.25, 0.3) is 5.91 Å². The summed E-state index contributed by atoms with van der Waals surface area (Å²) in [5.41, 5.74) is 3.66. The SMILES string of the molecule is CCOP(OCC)c1ccc(Cn2c(C(=O)Nc3cc(C)nn3CC)nc3cc(C#N)ccc32)cc1. The van der Waals surface area contributed by atoms with Crippen LogP contribution in [0.5, 0.6) is 0 Å². The second-order valence-electron chi connectivity index (χ2n) is 8.04. The zero-order chi connectivity index (χ0) is 25.7. The summed E-state index contributed by atoms with van der Waals surface area (Å²) >= 11 is 0. The van der Waals surface area contributed by atoms with Crippen LogP contribution < -0.4 is 10.6 Å². The molecule has 0 aliphatic carbocycles. The van der Waals surface area contributed by atoms with Crippen LogP contribution in [0, 0.1) is 18.3 Å². The number of hydrogen-bond donors (Lipinski definition) is 1. The van der Waals surface area contributed by atoms with Gasteiger partial charge in [0.05, 0.1) is 41.6 Å². The lowest BCUT2D eigenvalue weighted by atomic mass is 10.2. The third-order valence-electron chi connectivity index (χ3n) is 5.50. The summed E-state index contributed by atoms with van der Waals surface area (Å²) in [7, 11) is -1.12. The van der Waals surface area contributed by atoms with Gasteiger partial charge in [-0.2, -0.15) is 10.4 Å². The summed E-state index contributed by atoms with van der Waals surface area (Å²) in [6, 6.07) is 17.3. The number of aryl methyl sites for hydroxylation is 2. The first-order chi connectivity index (χ1) is 17.5. The van der Waals surface area contributed by atoms with Crippen molar-refractivity contribution in [2.45, 2.75) is 40.8 Å². The monoisotopic (exact) mass is 504 g/mol. The minimum atomic E-state index is -1.12. The van der Waals surface area contributed by atoms with Crippen LogP contribution in [0.25, 0.3) is 11.0 Å². The molecule has 2 aromatic carbocycles. The second-order valence-corrected chi connectivity index (χ2v) is 9.58. The van der Waals surface area contributed by atoms with E-state index in [0.29, 0.717) is 43.2 Å². The average Bonchev–Trinajstić information content (AvgIpc) is 3.43. The van der Waals surface area contributed by atoms with Crippen LogP contribution in [0.3, 0.4) is 0 Å². The largest absolute Gasteiger partial charge is 0.331 e. The topological polar surface area (TPSA) is 107 Å². The highest BCUT2D eigenvalue weighted by Crippen LogP contribution is 2.36. The Labute approximate surface area is 211 Å². The summed E-state index contributed by atoms with van der Waals surface area (Å²) < 4.78 is 15.1. The number of imidazole rings is 1. The van der Waals surface area contributed by atoms with Crippen LogP contribution in [-0.4, -0.2) is 38.5 Å². The lowest BCUT2D eigenvalue weighted by molar-refractivity contribution is 0.101. The van der Waals surface area contributed by atoms with Crippen molar-refractivity contribution in [3.8, 4) is 6.07 Å². The van der Waals surface area contributed by atoms with Crippen molar-refractivity contribution in [1.29, 1.82) is 5.26 Å². The summed E-state index contributed by atoms with van der Waals surface area (Å²) in [6.45, 7) is 9.96. The molecule has 186 valence electrons. The molecule has 0 fully saturated rings. The van der Waals surface area contributed by atoms with E-state index in [-0.39, 0.29) is 11.7 Å². The molecule has 0 aliphatic heterocycles. The smallest absolute Gasteiger partial charge is 0.292 e. The quantitative estimate of drug-likeness (QED) is 0.313. The summed E-state index contributed by atoms with van der Waals surface area (Å²) in [4.78, 5) is 18.0. The summed E-state index contributed by atoms with van der Waals surface area (Å²) in [5.74, 6) is 0.532. The molecule has 1 N–H and O–H groups in total. The number of amides is 1. The second kappa shape index (κ2) is 11.4. The van der Waals surface area contributed by atoms with Gasteiger partial charge in [-0.05, 0) is 63.6 Å². The molecule has 9 nitrogen and oxygen atoms in total. The van der Waals surface area contributed by atoms with Gasteiger partial charge in [-0.3, -0.25) is 4.79 Å². The molecule has 0 aliphatic rings. The highest BCUT2D eigenvalue weighted by Gasteiger charge is 2.20. The van der Waals surface area contributed by atoms with Crippen molar-refractivity contribution < 1.29 is 13.8 Å². The van der Waals surface area contributed by atoms with Gasteiger partial charge >= 0.3 is 0 Å². The average molecular weight is 505 g/mol. The number of carbonyl (C=O) groups is 1. The van der Waals surface area contributed by atoms with E-state index in [4.69, 9.17) is 9.05 Å². The molecule has 4 aromatic rings. The Bertz CT molecular complexity index is 1400. The number of rotatable bonds is 10. The molecule has 1 amide bonds. The van der Waals surface area contributed by atoms with Gasteiger partial charge in [-0.15, -0.1) is 0 Å². The predicted molar refractivity (Wildman–Crippen MR) is 140 cm³/mol. The Morgan fingerprint density at radius 3 is 2.44 bits per heavy atom. The standard InChI is InChI=1S/C26H29N6O3P/c1-5-32-24(14-18(4)30-32)29-26(33)25-28-22-15-20(16-27)10-13-23(22)31(25)17-19-8-11-21(12-9-19)36(34-6-2)35-7-3/h8-15H,5-7,17H2,1-4H3,(H,29,33). The van der Waals surface area contributed by atoms with Crippen LogP contribution in [-0.2, 0) is 22.1 Å². The number of aromatic nitrogens is 4. The lowest BCUT2D eigenvalue weighted by Gasteiger charge is -2.16. The van der Waals surface area contributed by atoms with Gasteiger partial charge in [0.2, 0.25) is 14.2 Å². The Hall–Kier alpha value is -3.57. The summed E-state index contributed by atoms with van der Waals surface area (Å²) in [5, 5.41) is 17.7. The number of carbonyl (C=O) groups excluding carboxylic acids is 1. The fourth-order valence-corrected chi connectivity index (χ4v) is 5.15. The van der Waals surface area contributed by atoms with E-state index in [1.54, 1.807) is 16.8 Å². The molecule has 0 bridgehead atoms. The number of benzene rings is 2. The third-order valence-corrected chi connectivity index (χ3v) is 7.21. The maximum Gasteiger partial charge on any atom is 0.292 e. The van der Waals surface area contributed by atoms with E-state index in [2.05, 4.69) is 21.5 Å². The molecule has 36 heavy (non-hydrogen) atoms. The number of nitrogens with one attached hydrogen (secondary N) is 1. The Morgan fingerprint density at radius 2 is 1.81 bits per heavy atom. The normalized spacial score (nSPS) is 11.2. The van der Waals surface area contributed by atoms with Crippen molar-refractivity contribution in [2.75, 3.05) is 18.5 Å². The summed E-state index contributed by atoms with van der Waals surface area (Å²) in [6.07, 6.45) is 0. The Kier molecular flexibility index (Phi) is 8.11. The molecular weight excluding hydrogens is 475 g/mol. The first kappa shape index (κ1) is 25.5. The first-order valence-electron chi connectivity index (χ1n) is 11.9. The van der Waals surface area contributed by atoms with Crippen LogP contribution in [0.2, 0.25) is 0 Å². The van der Waals surface area contributed by atoms with E-state index < -0.39 is 8.38 Å². The predicted octanol–water partition coefficient (Wildman–Crippen LogP) is 4.74. The minimum Gasteiger partial charge on any atom is -0.331 e. The maximum atomic E-state index is 13.4. The zero-order valence-corrected chi connectivity index (χ0v) is 21.7. The van der Waals surface area contributed by atoms with Crippen LogP contribution in [0.1, 0.15) is 48.2 Å². The molecule has 0 saturated carbocycles. The number of nitriles is 1. The number of nitrogens with zero attached hydrogens (tertiary/aromatic N) is 5. The highest BCUT2D eigenvalue weighted by atomic mass is 31.2. The zero-order valence-electron chi connectivity index (χ0n) is 20.9. The van der Waals surface area contributed by atoms with Crippen LogP contribution in [0.4, 0.5) is 5.82 Å². The first-order valence-corrected chi connectivity index (χ1v) is 13.1. The van der Waals surface area contributed by atoms with Crippen LogP contribution in [0.15, 0.2) is 48.5 Å². The molecule has 10 heteroatoms. The fourth-order valence-electron chi connectivity index (χ4n) is 3.92. The van der Waals surface area contributed by atoms with Gasteiger partial charge in [0.15, 0.2) is 0 Å². The van der Waals surface area contributed by atoms with Crippen molar-refractivity contribution >= 4 is 36.4 Å². The van der Waals surface area contributed by atoms with Crippen molar-refractivity contribution in [1.82, 2.24) is 19.3 Å². The number of anilines is 1. The van der Waals surface area contributed by atoms with Gasteiger partial charge in [0.1, 0.15) is 5.82 Å². The molecule has 0 unspecified atom stereocenters. The van der Waals surface area contributed by atoms with E-state index in [1.807, 2.05) is 68.7 Å². The van der Waals surface area contributed by atoms with Crippen molar-refractivity contribution in [2.24, 2.45) is 0 Å². The molecule has 2 aromatic heterocycles. The maximum absolute atomic E-state index is 13.4. The van der Waals surface area contributed by atoms with E-state index >= 15 is 0 Å². The Morgan fingerprint density at radius 1 is 1.08 bits per heavy atom. The van der Waals surface area contributed by atoms with Crippen molar-refractivity contribution in [3.63, 3.8) is 0 Å². The van der Waals surface area contributed by atoms with E-state index in [9.17, 15) is 10.1 Å². The van der Waals surface area contributed by atoms with E-state index in [0.717, 1.165) is 22.1 Å². The van der Waals surface area contributed by atoms with Gasteiger partial charge in [-0.1, -0.05) is 12.1 Å². The van der Waals surface area contributed by atoms with E-state index in [1.165, 1.54) is 0 Å². The van der Waals surface area contributed by atoms with Crippen molar-refractivity contribution in [3.05, 3.63) is 71.2 Å². The van der Waals surface area contributed by atoms with Crippen LogP contribution >= 0.6 is 8.38 Å². The molecule has 0 spiro atoms. The minimum absolute atomic E-state index is 0.261. The molecule has 2 heterocycles. The molecule has 0 saturated heterocycles. The lowest BCUT2D eigenvalue weighted by Crippen LogP contribution is -2.20. The van der Waals surface area contributed by atoms with Gasteiger partial charge in [-0.25, -0.2) is 9.67 Å². The number of hydrogen-bond acceptors (Lipinski definition) is 6. The Balaban J connectivity index is 1.68. The fraction of sp³-hybridized carbons (Fsp3) is 0.308. The van der Waals surface area contributed by atoms with Gasteiger partial charge in [0, 0.05) is 24.5 Å². The molecule has 4 rings (SSSR count). The number of fused-ring (bicyclic) bond motifs is 1. The third kappa shape index (κ3) is 5.47. The highest BCUT2D eigenvalue weighted by molar-refractivity contribution is 7.56.